The van der Waals surface area contributed by atoms with E-state index in [1.165, 1.54) is 6.92 Å². The predicted octanol–water partition coefficient (Wildman–Crippen LogP) is 2.35. The zero-order valence-electron chi connectivity index (χ0n) is 22.3. The Morgan fingerprint density at radius 1 is 1.28 bits per heavy atom. The van der Waals surface area contributed by atoms with Gasteiger partial charge in [-0.15, -0.1) is 0 Å². The average Bonchev–Trinajstić information content (AvgIpc) is 3.03. The van der Waals surface area contributed by atoms with Crippen molar-refractivity contribution in [3.8, 4) is 0 Å². The van der Waals surface area contributed by atoms with Gasteiger partial charge in [0.1, 0.15) is 18.2 Å². The largest absolute Gasteiger partial charge is 0.462 e. The first-order valence-electron chi connectivity index (χ1n) is 11.9. The number of nitrogens with zero attached hydrogens (tertiary/aromatic N) is 1. The van der Waals surface area contributed by atoms with Crippen molar-refractivity contribution < 1.29 is 37.8 Å². The molecular weight excluding hydrogens is 600 g/mol. The van der Waals surface area contributed by atoms with Crippen LogP contribution in [0.4, 0.5) is 0 Å². The van der Waals surface area contributed by atoms with E-state index >= 15 is 0 Å². The second-order valence-corrected chi connectivity index (χ2v) is 14.3. The maximum Gasteiger partial charge on any atom is 0.406 e. The molecule has 39 heavy (non-hydrogen) atoms. The van der Waals surface area contributed by atoms with Crippen LogP contribution < -0.4 is 16.3 Å². The molecule has 1 saturated heterocycles. The number of hydrogen-bond donors (Lipinski definition) is 3. The number of halogens is 2. The van der Waals surface area contributed by atoms with Gasteiger partial charge < -0.3 is 14.6 Å². The minimum atomic E-state index is -4.27. The molecule has 1 aromatic heterocycles. The van der Waals surface area contributed by atoms with Crippen molar-refractivity contribution >= 4 is 53.8 Å². The van der Waals surface area contributed by atoms with E-state index in [9.17, 15) is 28.8 Å². The molecule has 0 unspecified atom stereocenters. The third-order valence-corrected chi connectivity index (χ3v) is 8.92. The molecule has 3 N–H and O–H groups in total. The highest BCUT2D eigenvalue weighted by atomic mass is 35.5. The van der Waals surface area contributed by atoms with E-state index in [-0.39, 0.29) is 17.5 Å². The summed E-state index contributed by atoms with van der Waals surface area (Å²) < 4.78 is 34.1. The van der Waals surface area contributed by atoms with Crippen LogP contribution in [0, 0.1) is 5.41 Å². The fraction of sp³-hybridized carbons (Fsp3) is 0.727. The third-order valence-electron chi connectivity index (χ3n) is 5.14. The second-order valence-electron chi connectivity index (χ2n) is 10.0. The van der Waals surface area contributed by atoms with E-state index < -0.39 is 71.9 Å². The molecule has 1 aliphatic heterocycles. The molecule has 1 aliphatic rings. The van der Waals surface area contributed by atoms with Gasteiger partial charge in [0.2, 0.25) is 0 Å². The molecule has 2 heterocycles. The molecule has 1 fully saturated rings. The number of hydrogen-bond acceptors (Lipinski definition) is 11. The zero-order valence-corrected chi connectivity index (χ0v) is 25.6. The Balaban J connectivity index is 2.16. The highest BCUT2D eigenvalue weighted by Crippen LogP contribution is 2.49. The summed E-state index contributed by atoms with van der Waals surface area (Å²) in [5.74, 6) is -0.577. The first-order valence-corrected chi connectivity index (χ1v) is 15.2. The van der Waals surface area contributed by atoms with Crippen LogP contribution in [-0.4, -0.2) is 73.4 Å². The van der Waals surface area contributed by atoms with Crippen LogP contribution in [0.3, 0.4) is 0 Å². The first-order chi connectivity index (χ1) is 17.9. The number of aromatic amines is 1. The van der Waals surface area contributed by atoms with Gasteiger partial charge in [0, 0.05) is 23.4 Å². The van der Waals surface area contributed by atoms with Crippen LogP contribution >= 0.6 is 42.7 Å². The number of alkyl halides is 2. The Morgan fingerprint density at radius 2 is 1.92 bits per heavy atom. The topological polar surface area (TPSA) is 175 Å². The fourth-order valence-electron chi connectivity index (χ4n) is 3.13. The molecular formula is C22H34Cl2N3O10PS. The zero-order chi connectivity index (χ0) is 29.8. The fourth-order valence-corrected chi connectivity index (χ4v) is 6.11. The van der Waals surface area contributed by atoms with Gasteiger partial charge in [0.05, 0.1) is 19.3 Å². The number of ether oxygens (including phenoxy) is 2. The smallest absolute Gasteiger partial charge is 0.406 e. The highest BCUT2D eigenvalue weighted by Gasteiger charge is 2.56. The summed E-state index contributed by atoms with van der Waals surface area (Å²) in [5.41, 5.74) is -2.14. The lowest BCUT2D eigenvalue weighted by Gasteiger charge is -2.25. The van der Waals surface area contributed by atoms with Crippen molar-refractivity contribution in [2.24, 2.45) is 5.41 Å². The van der Waals surface area contributed by atoms with Crippen molar-refractivity contribution in [1.29, 1.82) is 0 Å². The monoisotopic (exact) mass is 633 g/mol. The van der Waals surface area contributed by atoms with Gasteiger partial charge in [-0.3, -0.25) is 33.0 Å². The van der Waals surface area contributed by atoms with E-state index in [0.717, 1.165) is 28.6 Å². The molecule has 17 heteroatoms. The van der Waals surface area contributed by atoms with E-state index in [4.69, 9.17) is 41.7 Å². The third kappa shape index (κ3) is 9.40. The average molecular weight is 634 g/mol. The molecule has 1 aromatic rings. The summed E-state index contributed by atoms with van der Waals surface area (Å²) in [5, 5.41) is 13.1. The maximum atomic E-state index is 13.6. The van der Waals surface area contributed by atoms with Crippen LogP contribution in [0.5, 0.6) is 0 Å². The minimum absolute atomic E-state index is 0.102. The van der Waals surface area contributed by atoms with Crippen LogP contribution in [0.15, 0.2) is 21.9 Å². The van der Waals surface area contributed by atoms with E-state index in [1.807, 2.05) is 4.98 Å². The summed E-state index contributed by atoms with van der Waals surface area (Å²) in [6.07, 6.45) is -3.73. The Kier molecular flexibility index (Phi) is 11.9. The quantitative estimate of drug-likeness (QED) is 0.133. The van der Waals surface area contributed by atoms with Gasteiger partial charge in [-0.2, -0.15) is 0 Å². The molecule has 0 saturated carbocycles. The number of aliphatic hydroxyl groups excluding tert-OH is 1. The number of carbonyl (C=O) groups excluding carboxylic acids is 2. The Hall–Kier alpha value is -1.22. The van der Waals surface area contributed by atoms with E-state index in [0.29, 0.717) is 0 Å². The molecule has 0 amide bonds. The second kappa shape index (κ2) is 13.6. The minimum Gasteiger partial charge on any atom is -0.462 e. The van der Waals surface area contributed by atoms with Gasteiger partial charge in [-0.1, -0.05) is 55.7 Å². The SMILES string of the molecule is CC(C)OC(=O)[C@@H](C)N[P@](=O)(OCCSC(=O)C(C)(C)C)OC[C@H]1O[C@@H](n2ccc(=O)[nH]c2=O)C(Cl)(Cl)[C@@H]1O. The van der Waals surface area contributed by atoms with Crippen LogP contribution in [0.25, 0.3) is 0 Å². The van der Waals surface area contributed by atoms with Crippen molar-refractivity contribution in [3.63, 3.8) is 0 Å². The number of thioether (sulfide) groups is 1. The van der Waals surface area contributed by atoms with Crippen molar-refractivity contribution in [2.45, 2.75) is 76.5 Å². The summed E-state index contributed by atoms with van der Waals surface area (Å²) >= 11 is 13.6. The molecule has 0 aliphatic carbocycles. The number of rotatable bonds is 12. The normalized spacial score (nSPS) is 23.4. The Morgan fingerprint density at radius 3 is 2.49 bits per heavy atom. The molecule has 0 bridgehead atoms. The molecule has 2 rings (SSSR count). The first kappa shape index (κ1) is 34.0. The molecule has 5 atom stereocenters. The van der Waals surface area contributed by atoms with Crippen LogP contribution in [0.2, 0.25) is 0 Å². The molecule has 0 radical (unpaired) electrons. The Bertz CT molecular complexity index is 1190. The van der Waals surface area contributed by atoms with Crippen molar-refractivity contribution in [3.05, 3.63) is 33.1 Å². The molecule has 222 valence electrons. The van der Waals surface area contributed by atoms with Gasteiger partial charge in [-0.05, 0) is 20.8 Å². The number of esters is 1. The number of nitrogens with one attached hydrogen (secondary N) is 2. The van der Waals surface area contributed by atoms with Gasteiger partial charge >= 0.3 is 19.4 Å². The molecule has 0 spiro atoms. The maximum absolute atomic E-state index is 13.6. The summed E-state index contributed by atoms with van der Waals surface area (Å²) in [7, 11) is -4.27. The van der Waals surface area contributed by atoms with Gasteiger partial charge in [-0.25, -0.2) is 14.4 Å². The van der Waals surface area contributed by atoms with Crippen LogP contribution in [-0.2, 0) is 32.7 Å². The van der Waals surface area contributed by atoms with Crippen molar-refractivity contribution in [1.82, 2.24) is 14.6 Å². The summed E-state index contributed by atoms with van der Waals surface area (Å²) in [4.78, 5) is 50.1. The number of carbonyl (C=O) groups is 2. The lowest BCUT2D eigenvalue weighted by molar-refractivity contribution is -0.149. The van der Waals surface area contributed by atoms with E-state index in [2.05, 4.69) is 5.09 Å². The number of aliphatic hydroxyl groups is 1. The van der Waals surface area contributed by atoms with E-state index in [1.54, 1.807) is 34.6 Å². The summed E-state index contributed by atoms with van der Waals surface area (Å²) in [6.45, 7) is 9.18. The standard InChI is InChI=1S/C22H34Cl2N3O10PS/c1-12(2)36-17(30)13(3)26-38(33,34-9-10-39-19(31)21(4,5)6)35-11-14-16(29)22(23,24)18(37-14)27-8-7-15(28)25-20(27)32/h7-8,12-14,16,18,29H,9-11H2,1-6H3,(H,26,33)(H,25,28,32)/t13-,14-,16-,18-,38+/m1/s1. The highest BCUT2D eigenvalue weighted by molar-refractivity contribution is 8.13. The van der Waals surface area contributed by atoms with Crippen molar-refractivity contribution in [2.75, 3.05) is 19.0 Å². The van der Waals surface area contributed by atoms with Gasteiger partial charge in [0.15, 0.2) is 15.7 Å². The molecule has 0 aromatic carbocycles. The molecule has 13 nitrogen and oxygen atoms in total. The lowest BCUT2D eigenvalue weighted by Crippen LogP contribution is -2.41. The predicted molar refractivity (Wildman–Crippen MR) is 146 cm³/mol. The number of aromatic nitrogens is 2. The Labute approximate surface area is 239 Å². The summed E-state index contributed by atoms with van der Waals surface area (Å²) in [6, 6.07) is -0.0827. The number of H-pyrrole nitrogens is 1. The van der Waals surface area contributed by atoms with Gasteiger partial charge in [0.25, 0.3) is 5.56 Å². The lowest BCUT2D eigenvalue weighted by atomic mass is 10.00. The van der Waals surface area contributed by atoms with Crippen LogP contribution in [0.1, 0.15) is 47.8 Å².